The summed E-state index contributed by atoms with van der Waals surface area (Å²) in [5, 5.41) is 0. The molecule has 3 rings (SSSR count). The minimum Gasteiger partial charge on any atom is -0.489 e. The Morgan fingerprint density at radius 2 is 2.00 bits per heavy atom. The van der Waals surface area contributed by atoms with Crippen LogP contribution in [0.25, 0.3) is 0 Å². The summed E-state index contributed by atoms with van der Waals surface area (Å²) in [5.74, 6) is 0.128. The fourth-order valence-corrected chi connectivity index (χ4v) is 2.75. The predicted molar refractivity (Wildman–Crippen MR) is 88.3 cm³/mol. The van der Waals surface area contributed by atoms with E-state index >= 15 is 0 Å². The van der Waals surface area contributed by atoms with E-state index in [2.05, 4.69) is 0 Å². The van der Waals surface area contributed by atoms with Gasteiger partial charge in [0.25, 0.3) is 0 Å². The molecule has 1 aliphatic heterocycles. The predicted octanol–water partition coefficient (Wildman–Crippen LogP) is 3.35. The second kappa shape index (κ2) is 6.83. The molecule has 1 heterocycles. The molecule has 5 heteroatoms. The first-order chi connectivity index (χ1) is 11.5. The van der Waals surface area contributed by atoms with Gasteiger partial charge in [-0.2, -0.15) is 0 Å². The molecule has 0 aliphatic carbocycles. The van der Waals surface area contributed by atoms with Gasteiger partial charge in [0.15, 0.2) is 0 Å². The van der Waals surface area contributed by atoms with E-state index in [1.807, 2.05) is 0 Å². The molecule has 1 atom stereocenters. The molecule has 0 N–H and O–H groups in total. The number of nitrogens with zero attached hydrogens (tertiary/aromatic N) is 1. The van der Waals surface area contributed by atoms with Crippen LogP contribution in [0.2, 0.25) is 0 Å². The lowest BCUT2D eigenvalue weighted by molar-refractivity contribution is -0.123. The van der Waals surface area contributed by atoms with Gasteiger partial charge in [-0.15, -0.1) is 0 Å². The third kappa shape index (κ3) is 3.62. The molecule has 1 saturated heterocycles. The van der Waals surface area contributed by atoms with Crippen LogP contribution in [0.1, 0.15) is 18.9 Å². The zero-order chi connectivity index (χ0) is 17.1. The first-order valence-corrected chi connectivity index (χ1v) is 7.81. The van der Waals surface area contributed by atoms with Crippen molar-refractivity contribution in [2.24, 2.45) is 5.92 Å². The van der Waals surface area contributed by atoms with E-state index in [1.165, 1.54) is 19.1 Å². The van der Waals surface area contributed by atoms with Crippen LogP contribution in [-0.2, 0) is 16.2 Å². The number of amides is 1. The minimum atomic E-state index is -0.293. The van der Waals surface area contributed by atoms with Crippen molar-refractivity contribution in [1.82, 2.24) is 0 Å². The SMILES string of the molecule is CC(=O)[C@@H]1CC(=O)N(c2ccc(OCc3cccc(F)c3)cc2)C1. The van der Waals surface area contributed by atoms with Crippen molar-refractivity contribution in [3.8, 4) is 5.75 Å². The molecule has 0 radical (unpaired) electrons. The molecule has 1 amide bonds. The average molecular weight is 327 g/mol. The molecule has 2 aromatic rings. The molecule has 0 aromatic heterocycles. The summed E-state index contributed by atoms with van der Waals surface area (Å²) < 4.78 is 18.8. The number of hydrogen-bond donors (Lipinski definition) is 0. The highest BCUT2D eigenvalue weighted by Gasteiger charge is 2.33. The number of anilines is 1. The van der Waals surface area contributed by atoms with E-state index in [9.17, 15) is 14.0 Å². The maximum atomic E-state index is 13.1. The van der Waals surface area contributed by atoms with Gasteiger partial charge in [-0.3, -0.25) is 9.59 Å². The number of carbonyl (C=O) groups is 2. The zero-order valence-electron chi connectivity index (χ0n) is 13.4. The Bertz CT molecular complexity index is 757. The lowest BCUT2D eigenvalue weighted by Gasteiger charge is -2.17. The second-order valence-corrected chi connectivity index (χ2v) is 5.93. The van der Waals surface area contributed by atoms with Crippen molar-refractivity contribution in [2.45, 2.75) is 20.0 Å². The molecule has 24 heavy (non-hydrogen) atoms. The van der Waals surface area contributed by atoms with E-state index in [-0.39, 0.29) is 36.5 Å². The van der Waals surface area contributed by atoms with Crippen LogP contribution in [0.4, 0.5) is 10.1 Å². The summed E-state index contributed by atoms with van der Waals surface area (Å²) in [6.45, 7) is 2.22. The average Bonchev–Trinajstić information content (AvgIpc) is 2.96. The van der Waals surface area contributed by atoms with Crippen molar-refractivity contribution >= 4 is 17.4 Å². The molecule has 4 nitrogen and oxygen atoms in total. The number of ketones is 1. The Morgan fingerprint density at radius 3 is 2.62 bits per heavy atom. The van der Waals surface area contributed by atoms with Crippen LogP contribution in [0, 0.1) is 11.7 Å². The summed E-state index contributed by atoms with van der Waals surface area (Å²) >= 11 is 0. The Hall–Kier alpha value is -2.69. The Balaban J connectivity index is 1.63. The molecule has 124 valence electrons. The highest BCUT2D eigenvalue weighted by atomic mass is 19.1. The van der Waals surface area contributed by atoms with E-state index in [4.69, 9.17) is 4.74 Å². The molecule has 0 saturated carbocycles. The molecule has 0 bridgehead atoms. The first kappa shape index (κ1) is 16.2. The van der Waals surface area contributed by atoms with Gasteiger partial charge in [0.05, 0.1) is 0 Å². The molecular formula is C19H18FNO3. The quantitative estimate of drug-likeness (QED) is 0.846. The van der Waals surface area contributed by atoms with Gasteiger partial charge in [-0.05, 0) is 48.9 Å². The standard InChI is InChI=1S/C19H18FNO3/c1-13(22)15-10-19(23)21(11-15)17-5-7-18(8-6-17)24-12-14-3-2-4-16(20)9-14/h2-9,15H,10-12H2,1H3/t15-/m1/s1. The fourth-order valence-electron chi connectivity index (χ4n) is 2.75. The van der Waals surface area contributed by atoms with Crippen LogP contribution in [0.5, 0.6) is 5.75 Å². The van der Waals surface area contributed by atoms with Crippen LogP contribution in [0.3, 0.4) is 0 Å². The summed E-state index contributed by atoms with van der Waals surface area (Å²) in [4.78, 5) is 25.1. The number of rotatable bonds is 5. The van der Waals surface area contributed by atoms with E-state index < -0.39 is 0 Å². The third-order valence-corrected chi connectivity index (χ3v) is 4.14. The van der Waals surface area contributed by atoms with Crippen molar-refractivity contribution < 1.29 is 18.7 Å². The van der Waals surface area contributed by atoms with Crippen molar-refractivity contribution in [2.75, 3.05) is 11.4 Å². The highest BCUT2D eigenvalue weighted by Crippen LogP contribution is 2.27. The van der Waals surface area contributed by atoms with Gasteiger partial charge < -0.3 is 9.64 Å². The molecule has 2 aromatic carbocycles. The smallest absolute Gasteiger partial charge is 0.227 e. The number of carbonyl (C=O) groups excluding carboxylic acids is 2. The van der Waals surface area contributed by atoms with Crippen molar-refractivity contribution in [3.05, 3.63) is 59.9 Å². The molecule has 1 aliphatic rings. The topological polar surface area (TPSA) is 46.6 Å². The lowest BCUT2D eigenvalue weighted by Crippen LogP contribution is -2.25. The van der Waals surface area contributed by atoms with Crippen molar-refractivity contribution in [1.29, 1.82) is 0 Å². The fraction of sp³-hybridized carbons (Fsp3) is 0.263. The summed E-state index contributed by atoms with van der Waals surface area (Å²) in [7, 11) is 0. The van der Waals surface area contributed by atoms with Crippen LogP contribution < -0.4 is 9.64 Å². The third-order valence-electron chi connectivity index (χ3n) is 4.14. The van der Waals surface area contributed by atoms with E-state index in [0.29, 0.717) is 12.3 Å². The number of benzene rings is 2. The Labute approximate surface area is 139 Å². The van der Waals surface area contributed by atoms with Crippen LogP contribution in [0.15, 0.2) is 48.5 Å². The maximum absolute atomic E-state index is 13.1. The minimum absolute atomic E-state index is 0.0383. The first-order valence-electron chi connectivity index (χ1n) is 7.81. The van der Waals surface area contributed by atoms with Gasteiger partial charge in [0, 0.05) is 24.6 Å². The molecule has 0 spiro atoms. The molecule has 0 unspecified atom stereocenters. The van der Waals surface area contributed by atoms with Gasteiger partial charge in [-0.25, -0.2) is 4.39 Å². The van der Waals surface area contributed by atoms with Gasteiger partial charge in [-0.1, -0.05) is 12.1 Å². The monoisotopic (exact) mass is 327 g/mol. The van der Waals surface area contributed by atoms with Gasteiger partial charge >= 0.3 is 0 Å². The normalized spacial score (nSPS) is 17.2. The Kier molecular flexibility index (Phi) is 4.60. The number of ether oxygens (including phenoxy) is 1. The maximum Gasteiger partial charge on any atom is 0.227 e. The van der Waals surface area contributed by atoms with E-state index in [1.54, 1.807) is 41.3 Å². The molecule has 1 fully saturated rings. The lowest BCUT2D eigenvalue weighted by atomic mass is 10.1. The zero-order valence-corrected chi connectivity index (χ0v) is 13.4. The van der Waals surface area contributed by atoms with Gasteiger partial charge in [0.2, 0.25) is 5.91 Å². The van der Waals surface area contributed by atoms with Crippen molar-refractivity contribution in [3.63, 3.8) is 0 Å². The number of Topliss-reactive ketones (excluding diaryl/α,β-unsaturated/α-hetero) is 1. The van der Waals surface area contributed by atoms with Crippen LogP contribution >= 0.6 is 0 Å². The Morgan fingerprint density at radius 1 is 1.25 bits per heavy atom. The van der Waals surface area contributed by atoms with Gasteiger partial charge in [0.1, 0.15) is 24.0 Å². The summed E-state index contributed by atoms with van der Waals surface area (Å²) in [5.41, 5.74) is 1.50. The van der Waals surface area contributed by atoms with Crippen LogP contribution in [-0.4, -0.2) is 18.2 Å². The largest absolute Gasteiger partial charge is 0.489 e. The second-order valence-electron chi connectivity index (χ2n) is 5.93. The number of hydrogen-bond acceptors (Lipinski definition) is 3. The highest BCUT2D eigenvalue weighted by molar-refractivity contribution is 6.00. The summed E-state index contributed by atoms with van der Waals surface area (Å²) in [6.07, 6.45) is 0.271. The van der Waals surface area contributed by atoms with E-state index in [0.717, 1.165) is 11.3 Å². The summed E-state index contributed by atoms with van der Waals surface area (Å²) in [6, 6.07) is 13.4. The number of halogens is 1. The molecular weight excluding hydrogens is 309 g/mol.